The SMILES string of the molecule is CC[N+](C)(C)CCc1ccc(C)o1. The Morgan fingerprint density at radius 2 is 2.00 bits per heavy atom. The Balaban J connectivity index is 2.43. The lowest BCUT2D eigenvalue weighted by atomic mass is 10.3. The summed E-state index contributed by atoms with van der Waals surface area (Å²) in [6.45, 7) is 6.51. The lowest BCUT2D eigenvalue weighted by molar-refractivity contribution is -0.888. The normalized spacial score (nSPS) is 12.0. The van der Waals surface area contributed by atoms with E-state index in [1.54, 1.807) is 0 Å². The Kier molecular flexibility index (Phi) is 3.15. The maximum Gasteiger partial charge on any atom is 0.109 e. The van der Waals surface area contributed by atoms with Crippen molar-refractivity contribution in [1.29, 1.82) is 0 Å². The number of quaternary nitrogens is 1. The molecule has 74 valence electrons. The molecule has 1 rings (SSSR count). The molecule has 1 aromatic rings. The van der Waals surface area contributed by atoms with Crippen molar-refractivity contribution in [3.05, 3.63) is 23.7 Å². The van der Waals surface area contributed by atoms with Crippen LogP contribution >= 0.6 is 0 Å². The molecule has 0 saturated carbocycles. The first-order chi connectivity index (χ1) is 6.03. The van der Waals surface area contributed by atoms with E-state index in [-0.39, 0.29) is 0 Å². The molecule has 0 aromatic carbocycles. The van der Waals surface area contributed by atoms with Gasteiger partial charge < -0.3 is 8.90 Å². The van der Waals surface area contributed by atoms with Crippen LogP contribution in [0.1, 0.15) is 18.4 Å². The highest BCUT2D eigenvalue weighted by Crippen LogP contribution is 2.08. The summed E-state index contributed by atoms with van der Waals surface area (Å²) in [5.74, 6) is 2.12. The van der Waals surface area contributed by atoms with Gasteiger partial charge in [-0.1, -0.05) is 0 Å². The van der Waals surface area contributed by atoms with Gasteiger partial charge in [-0.2, -0.15) is 0 Å². The Hall–Kier alpha value is -0.760. The second-order valence-electron chi connectivity index (χ2n) is 4.24. The Morgan fingerprint density at radius 1 is 1.31 bits per heavy atom. The third-order valence-electron chi connectivity index (χ3n) is 2.62. The van der Waals surface area contributed by atoms with Crippen molar-refractivity contribution < 1.29 is 8.90 Å². The molecule has 0 spiro atoms. The molecule has 13 heavy (non-hydrogen) atoms. The second kappa shape index (κ2) is 3.97. The zero-order chi connectivity index (χ0) is 9.90. The van der Waals surface area contributed by atoms with Gasteiger partial charge in [0.25, 0.3) is 0 Å². The molecule has 0 aliphatic rings. The van der Waals surface area contributed by atoms with Gasteiger partial charge in [0.1, 0.15) is 11.5 Å². The van der Waals surface area contributed by atoms with E-state index < -0.39 is 0 Å². The standard InChI is InChI=1S/C11H20NO/c1-5-12(3,4)9-8-11-7-6-10(2)13-11/h6-7H,5,8-9H2,1-4H3/q+1. The van der Waals surface area contributed by atoms with Crippen LogP contribution in [-0.2, 0) is 6.42 Å². The molecule has 0 aliphatic carbocycles. The smallest absolute Gasteiger partial charge is 0.109 e. The van der Waals surface area contributed by atoms with Crippen molar-refractivity contribution in [2.75, 3.05) is 27.2 Å². The summed E-state index contributed by atoms with van der Waals surface area (Å²) in [4.78, 5) is 0. The summed E-state index contributed by atoms with van der Waals surface area (Å²) >= 11 is 0. The minimum absolute atomic E-state index is 1.01. The van der Waals surface area contributed by atoms with Crippen molar-refractivity contribution in [2.45, 2.75) is 20.3 Å². The minimum atomic E-state index is 1.01. The number of hydrogen-bond acceptors (Lipinski definition) is 1. The van der Waals surface area contributed by atoms with Crippen LogP contribution in [0.4, 0.5) is 0 Å². The van der Waals surface area contributed by atoms with Gasteiger partial charge in [-0.3, -0.25) is 0 Å². The summed E-state index contributed by atoms with van der Waals surface area (Å²) < 4.78 is 6.57. The largest absolute Gasteiger partial charge is 0.466 e. The van der Waals surface area contributed by atoms with Gasteiger partial charge >= 0.3 is 0 Å². The van der Waals surface area contributed by atoms with E-state index in [0.29, 0.717) is 0 Å². The maximum atomic E-state index is 5.51. The quantitative estimate of drug-likeness (QED) is 0.651. The first-order valence-electron chi connectivity index (χ1n) is 4.91. The van der Waals surface area contributed by atoms with Crippen LogP contribution in [0.2, 0.25) is 0 Å². The molecule has 0 aliphatic heterocycles. The molecule has 1 heterocycles. The highest BCUT2D eigenvalue weighted by Gasteiger charge is 2.12. The summed E-state index contributed by atoms with van der Waals surface area (Å²) in [5, 5.41) is 0. The number of hydrogen-bond donors (Lipinski definition) is 0. The van der Waals surface area contributed by atoms with Crippen LogP contribution in [-0.4, -0.2) is 31.7 Å². The van der Waals surface area contributed by atoms with Crippen LogP contribution < -0.4 is 0 Å². The minimum Gasteiger partial charge on any atom is -0.466 e. The van der Waals surface area contributed by atoms with E-state index >= 15 is 0 Å². The van der Waals surface area contributed by atoms with E-state index in [2.05, 4.69) is 27.1 Å². The molecule has 0 fully saturated rings. The van der Waals surface area contributed by atoms with Gasteiger partial charge in [-0.15, -0.1) is 0 Å². The van der Waals surface area contributed by atoms with Crippen molar-refractivity contribution in [3.8, 4) is 0 Å². The van der Waals surface area contributed by atoms with Gasteiger partial charge in [0.15, 0.2) is 0 Å². The zero-order valence-electron chi connectivity index (χ0n) is 9.13. The van der Waals surface area contributed by atoms with Crippen LogP contribution in [0.3, 0.4) is 0 Å². The van der Waals surface area contributed by atoms with Crippen molar-refractivity contribution in [2.24, 2.45) is 0 Å². The first kappa shape index (κ1) is 10.3. The number of aryl methyl sites for hydroxylation is 1. The fourth-order valence-electron chi connectivity index (χ4n) is 1.19. The third-order valence-corrected chi connectivity index (χ3v) is 2.62. The van der Waals surface area contributed by atoms with Gasteiger partial charge in [0.05, 0.1) is 33.6 Å². The molecule has 0 amide bonds. The van der Waals surface area contributed by atoms with E-state index in [0.717, 1.165) is 29.0 Å². The van der Waals surface area contributed by atoms with Crippen molar-refractivity contribution in [1.82, 2.24) is 0 Å². The monoisotopic (exact) mass is 182 g/mol. The number of likely N-dealkylation sites (N-methyl/N-ethyl adjacent to an activating group) is 1. The van der Waals surface area contributed by atoms with Gasteiger partial charge in [-0.25, -0.2) is 0 Å². The van der Waals surface area contributed by atoms with Gasteiger partial charge in [0, 0.05) is 0 Å². The second-order valence-corrected chi connectivity index (χ2v) is 4.24. The fourth-order valence-corrected chi connectivity index (χ4v) is 1.19. The number of rotatable bonds is 4. The third kappa shape index (κ3) is 3.23. The molecule has 2 nitrogen and oxygen atoms in total. The fraction of sp³-hybridized carbons (Fsp3) is 0.636. The molecule has 2 heteroatoms. The molecule has 0 saturated heterocycles. The van der Waals surface area contributed by atoms with Crippen LogP contribution in [0, 0.1) is 6.92 Å². The van der Waals surface area contributed by atoms with Crippen molar-refractivity contribution in [3.63, 3.8) is 0 Å². The van der Waals surface area contributed by atoms with E-state index in [1.165, 1.54) is 6.54 Å². The molecular formula is C11H20NO+. The molecule has 0 N–H and O–H groups in total. The zero-order valence-corrected chi connectivity index (χ0v) is 9.13. The van der Waals surface area contributed by atoms with Gasteiger partial charge in [0.2, 0.25) is 0 Å². The first-order valence-corrected chi connectivity index (χ1v) is 4.91. The Labute approximate surface area is 80.8 Å². The average Bonchev–Trinajstić information content (AvgIpc) is 2.48. The molecular weight excluding hydrogens is 162 g/mol. The molecule has 0 atom stereocenters. The molecule has 1 aromatic heterocycles. The van der Waals surface area contributed by atoms with Crippen molar-refractivity contribution >= 4 is 0 Å². The predicted molar refractivity (Wildman–Crippen MR) is 54.7 cm³/mol. The average molecular weight is 182 g/mol. The summed E-state index contributed by atoms with van der Waals surface area (Å²) in [7, 11) is 4.49. The maximum absolute atomic E-state index is 5.51. The van der Waals surface area contributed by atoms with Gasteiger partial charge in [-0.05, 0) is 26.0 Å². The van der Waals surface area contributed by atoms with E-state index in [4.69, 9.17) is 4.42 Å². The molecule has 0 radical (unpaired) electrons. The predicted octanol–water partition coefficient (Wildman–Crippen LogP) is 2.23. The topological polar surface area (TPSA) is 13.1 Å². The van der Waals surface area contributed by atoms with Crippen LogP contribution in [0.5, 0.6) is 0 Å². The lowest BCUT2D eigenvalue weighted by Gasteiger charge is -2.27. The Morgan fingerprint density at radius 3 is 2.46 bits per heavy atom. The summed E-state index contributed by atoms with van der Waals surface area (Å²) in [6, 6.07) is 4.10. The summed E-state index contributed by atoms with van der Waals surface area (Å²) in [6.07, 6.45) is 1.04. The summed E-state index contributed by atoms with van der Waals surface area (Å²) in [5.41, 5.74) is 0. The number of furan rings is 1. The van der Waals surface area contributed by atoms with E-state index in [9.17, 15) is 0 Å². The van der Waals surface area contributed by atoms with Crippen LogP contribution in [0.25, 0.3) is 0 Å². The van der Waals surface area contributed by atoms with E-state index in [1.807, 2.05) is 13.0 Å². The highest BCUT2D eigenvalue weighted by molar-refractivity contribution is 5.05. The molecule has 0 unspecified atom stereocenters. The lowest BCUT2D eigenvalue weighted by Crippen LogP contribution is -2.40. The highest BCUT2D eigenvalue weighted by atomic mass is 16.3. The number of nitrogens with zero attached hydrogens (tertiary/aromatic N) is 1. The molecule has 0 bridgehead atoms. The van der Waals surface area contributed by atoms with Crippen LogP contribution in [0.15, 0.2) is 16.5 Å². The Bertz CT molecular complexity index is 263.